The molecule has 0 unspecified atom stereocenters. The van der Waals surface area contributed by atoms with Crippen molar-refractivity contribution in [3.63, 3.8) is 0 Å². The first-order valence-corrected chi connectivity index (χ1v) is 5.89. The Bertz CT molecular complexity index is 442. The predicted molar refractivity (Wildman–Crippen MR) is 69.6 cm³/mol. The average Bonchev–Trinajstić information content (AvgIpc) is 2.28. The van der Waals surface area contributed by atoms with Crippen LogP contribution in [-0.4, -0.2) is 18.8 Å². The second kappa shape index (κ2) is 11.4. The zero-order valence-electron chi connectivity index (χ0n) is 12.9. The molecule has 1 aromatic rings. The van der Waals surface area contributed by atoms with Crippen molar-refractivity contribution in [2.75, 3.05) is 0 Å². The number of hydrogen-bond donors (Lipinski definition) is 0. The molecule has 22 heavy (non-hydrogen) atoms. The van der Waals surface area contributed by atoms with Crippen LogP contribution in [0.2, 0.25) is 0 Å². The Hall–Kier alpha value is -0.124. The Labute approximate surface area is 169 Å². The standard InChI is InChI=1S/C10H8F4O2.C4H9O.K/c1-2-6-3-4-7(15-9(11)12)8(5-6)16-10(13)14;1-4(2,3)5;/h2-5,9-10H,1H2;1-3H3;/q;-1;+1. The number of alkyl halides is 4. The van der Waals surface area contributed by atoms with Gasteiger partial charge in [0.2, 0.25) is 0 Å². The van der Waals surface area contributed by atoms with Crippen molar-refractivity contribution in [1.29, 1.82) is 0 Å². The zero-order valence-corrected chi connectivity index (χ0v) is 16.0. The van der Waals surface area contributed by atoms with Gasteiger partial charge in [0.25, 0.3) is 0 Å². The largest absolute Gasteiger partial charge is 1.00 e. The Kier molecular flexibility index (Phi) is 12.5. The SMILES string of the molecule is C=Cc1ccc(OC(F)F)c(OC(F)F)c1.CC(C)(C)[O-].[K+]. The molecular formula is C14H17F4KO3. The predicted octanol–water partition coefficient (Wildman–Crippen LogP) is 0.682. The molecule has 0 aliphatic rings. The van der Waals surface area contributed by atoms with Gasteiger partial charge in [-0.15, -0.1) is 5.60 Å². The Morgan fingerprint density at radius 1 is 1.05 bits per heavy atom. The molecule has 1 rings (SSSR count). The fraction of sp³-hybridized carbons (Fsp3) is 0.429. The summed E-state index contributed by atoms with van der Waals surface area (Å²) in [5.41, 5.74) is -0.294. The third kappa shape index (κ3) is 13.5. The summed E-state index contributed by atoms with van der Waals surface area (Å²) in [7, 11) is 0. The molecule has 0 atom stereocenters. The summed E-state index contributed by atoms with van der Waals surface area (Å²) >= 11 is 0. The van der Waals surface area contributed by atoms with Crippen LogP contribution >= 0.6 is 0 Å². The first kappa shape index (κ1) is 24.1. The second-order valence-corrected chi connectivity index (χ2v) is 4.78. The van der Waals surface area contributed by atoms with Gasteiger partial charge >= 0.3 is 64.6 Å². The van der Waals surface area contributed by atoms with Crippen molar-refractivity contribution in [3.05, 3.63) is 30.3 Å². The minimum atomic E-state index is -3.11. The van der Waals surface area contributed by atoms with Crippen LogP contribution in [0.3, 0.4) is 0 Å². The summed E-state index contributed by atoms with van der Waals surface area (Å²) in [6, 6.07) is 3.64. The summed E-state index contributed by atoms with van der Waals surface area (Å²) in [4.78, 5) is 0. The van der Waals surface area contributed by atoms with Crippen molar-refractivity contribution < 1.29 is 83.5 Å². The van der Waals surface area contributed by atoms with E-state index in [1.54, 1.807) is 20.8 Å². The van der Waals surface area contributed by atoms with E-state index in [0.717, 1.165) is 12.1 Å². The molecule has 8 heteroatoms. The van der Waals surface area contributed by atoms with E-state index in [2.05, 4.69) is 16.1 Å². The van der Waals surface area contributed by atoms with Crippen LogP contribution in [0.1, 0.15) is 26.3 Å². The smallest absolute Gasteiger partial charge is 0.850 e. The Balaban J connectivity index is 0. The molecule has 0 aliphatic heterocycles. The molecule has 0 saturated carbocycles. The molecule has 0 radical (unpaired) electrons. The molecule has 1 aromatic carbocycles. The molecule has 0 aromatic heterocycles. The molecule has 0 heterocycles. The number of benzene rings is 1. The maximum atomic E-state index is 12.0. The number of hydrogen-bond acceptors (Lipinski definition) is 3. The average molecular weight is 348 g/mol. The van der Waals surface area contributed by atoms with E-state index >= 15 is 0 Å². The molecular weight excluding hydrogens is 331 g/mol. The van der Waals surface area contributed by atoms with Crippen molar-refractivity contribution in [3.8, 4) is 11.5 Å². The Morgan fingerprint density at radius 3 is 1.82 bits per heavy atom. The normalized spacial score (nSPS) is 10.5. The molecule has 120 valence electrons. The van der Waals surface area contributed by atoms with Gasteiger partial charge in [0, 0.05) is 0 Å². The third-order valence-electron chi connectivity index (χ3n) is 1.64. The number of halogens is 4. The third-order valence-corrected chi connectivity index (χ3v) is 1.64. The number of rotatable bonds is 5. The summed E-state index contributed by atoms with van der Waals surface area (Å²) in [5, 5.41) is 10.1. The fourth-order valence-corrected chi connectivity index (χ4v) is 1.03. The molecule has 0 fully saturated rings. The van der Waals surface area contributed by atoms with Crippen LogP contribution in [0.25, 0.3) is 6.08 Å². The molecule has 0 saturated heterocycles. The van der Waals surface area contributed by atoms with Gasteiger partial charge in [0.15, 0.2) is 11.5 Å². The molecule has 3 nitrogen and oxygen atoms in total. The van der Waals surface area contributed by atoms with Crippen LogP contribution in [0.15, 0.2) is 24.8 Å². The van der Waals surface area contributed by atoms with Gasteiger partial charge in [-0.25, -0.2) is 0 Å². The quantitative estimate of drug-likeness (QED) is 0.581. The minimum Gasteiger partial charge on any atom is -0.850 e. The van der Waals surface area contributed by atoms with E-state index in [9.17, 15) is 22.7 Å². The van der Waals surface area contributed by atoms with Gasteiger partial charge < -0.3 is 14.6 Å². The maximum Gasteiger partial charge on any atom is 1.00 e. The van der Waals surface area contributed by atoms with Crippen LogP contribution in [0.4, 0.5) is 17.6 Å². The van der Waals surface area contributed by atoms with Crippen LogP contribution in [0.5, 0.6) is 11.5 Å². The Morgan fingerprint density at radius 2 is 1.45 bits per heavy atom. The second-order valence-electron chi connectivity index (χ2n) is 4.78. The van der Waals surface area contributed by atoms with E-state index in [1.807, 2.05) is 0 Å². The summed E-state index contributed by atoms with van der Waals surface area (Å²) in [6.07, 6.45) is 1.37. The zero-order chi connectivity index (χ0) is 16.6. The van der Waals surface area contributed by atoms with Gasteiger partial charge in [-0.2, -0.15) is 17.6 Å². The first-order chi connectivity index (χ1) is 9.52. The van der Waals surface area contributed by atoms with Gasteiger partial charge in [-0.3, -0.25) is 0 Å². The maximum absolute atomic E-state index is 12.0. The monoisotopic (exact) mass is 348 g/mol. The van der Waals surface area contributed by atoms with Crippen molar-refractivity contribution in [2.24, 2.45) is 0 Å². The van der Waals surface area contributed by atoms with E-state index in [1.165, 1.54) is 12.1 Å². The molecule has 0 bridgehead atoms. The topological polar surface area (TPSA) is 41.5 Å². The van der Waals surface area contributed by atoms with E-state index < -0.39 is 30.3 Å². The number of ether oxygens (including phenoxy) is 2. The van der Waals surface area contributed by atoms with Crippen molar-refractivity contribution >= 4 is 6.08 Å². The van der Waals surface area contributed by atoms with Gasteiger partial charge in [0.1, 0.15) is 0 Å². The van der Waals surface area contributed by atoms with E-state index in [-0.39, 0.29) is 51.4 Å². The summed E-state index contributed by atoms with van der Waals surface area (Å²) < 4.78 is 55.9. The minimum absolute atomic E-state index is 0. The summed E-state index contributed by atoms with van der Waals surface area (Å²) in [5.74, 6) is -0.895. The van der Waals surface area contributed by atoms with Crippen molar-refractivity contribution in [1.82, 2.24) is 0 Å². The summed E-state index contributed by atoms with van der Waals surface area (Å²) in [6.45, 7) is 2.09. The molecule has 0 N–H and O–H groups in total. The van der Waals surface area contributed by atoms with E-state index in [0.29, 0.717) is 5.56 Å². The molecule has 0 amide bonds. The fourth-order valence-electron chi connectivity index (χ4n) is 1.03. The first-order valence-electron chi connectivity index (χ1n) is 5.89. The van der Waals surface area contributed by atoms with Crippen LogP contribution < -0.4 is 66.0 Å². The molecule has 0 spiro atoms. The van der Waals surface area contributed by atoms with Gasteiger partial charge in [-0.05, 0) is 17.7 Å². The van der Waals surface area contributed by atoms with Crippen LogP contribution in [-0.2, 0) is 0 Å². The van der Waals surface area contributed by atoms with Crippen molar-refractivity contribution in [2.45, 2.75) is 39.6 Å². The van der Waals surface area contributed by atoms with E-state index in [4.69, 9.17) is 0 Å². The van der Waals surface area contributed by atoms with Crippen LogP contribution in [0, 0.1) is 0 Å². The molecule has 0 aliphatic carbocycles. The van der Waals surface area contributed by atoms with Gasteiger partial charge in [0.05, 0.1) is 0 Å². The van der Waals surface area contributed by atoms with Gasteiger partial charge in [-0.1, -0.05) is 39.5 Å².